The number of esters is 1. The van der Waals surface area contributed by atoms with Crippen LogP contribution in [0, 0.1) is 23.7 Å². The SMILES string of the molecule is CCCCC(CC)C(CCCCCCCC(C)C)OC(=O)C1CCCC(C(=O)O)C1. The van der Waals surface area contributed by atoms with Gasteiger partial charge in [0, 0.05) is 0 Å². The van der Waals surface area contributed by atoms with E-state index in [0.717, 1.165) is 50.9 Å². The molecule has 0 saturated heterocycles. The van der Waals surface area contributed by atoms with Crippen LogP contribution in [0.15, 0.2) is 0 Å². The number of hydrogen-bond donors (Lipinski definition) is 1. The van der Waals surface area contributed by atoms with Crippen molar-refractivity contribution in [3.8, 4) is 0 Å². The highest BCUT2D eigenvalue weighted by Crippen LogP contribution is 2.32. The van der Waals surface area contributed by atoms with Crippen molar-refractivity contribution in [3.63, 3.8) is 0 Å². The minimum absolute atomic E-state index is 0.00470. The van der Waals surface area contributed by atoms with Crippen molar-refractivity contribution in [2.24, 2.45) is 23.7 Å². The third-order valence-electron chi connectivity index (χ3n) is 6.87. The standard InChI is InChI=1S/C26H48O4/c1-5-7-15-21(6-2)24(18-12-10-8-9-11-14-20(3)4)30-26(29)23-17-13-16-22(19-23)25(27)28/h20-24H,5-19H2,1-4H3,(H,27,28). The monoisotopic (exact) mass is 424 g/mol. The molecule has 0 aromatic heterocycles. The van der Waals surface area contributed by atoms with Crippen LogP contribution in [0.5, 0.6) is 0 Å². The molecule has 4 nitrogen and oxygen atoms in total. The van der Waals surface area contributed by atoms with Gasteiger partial charge in [0.05, 0.1) is 11.8 Å². The Hall–Kier alpha value is -1.06. The second-order valence-corrected chi connectivity index (χ2v) is 9.92. The summed E-state index contributed by atoms with van der Waals surface area (Å²) in [5.74, 6) is -0.315. The number of ether oxygens (including phenoxy) is 1. The number of aliphatic carboxylic acids is 1. The van der Waals surface area contributed by atoms with E-state index in [1.54, 1.807) is 0 Å². The van der Waals surface area contributed by atoms with Gasteiger partial charge in [0.1, 0.15) is 6.10 Å². The first-order chi connectivity index (χ1) is 14.4. The maximum Gasteiger partial charge on any atom is 0.309 e. The second kappa shape index (κ2) is 15.7. The Morgan fingerprint density at radius 2 is 1.53 bits per heavy atom. The summed E-state index contributed by atoms with van der Waals surface area (Å²) >= 11 is 0. The van der Waals surface area contributed by atoms with E-state index in [2.05, 4.69) is 27.7 Å². The van der Waals surface area contributed by atoms with Gasteiger partial charge in [-0.1, -0.05) is 79.1 Å². The Bertz CT molecular complexity index is 474. The Morgan fingerprint density at radius 3 is 2.13 bits per heavy atom. The van der Waals surface area contributed by atoms with Gasteiger partial charge in [-0.25, -0.2) is 0 Å². The van der Waals surface area contributed by atoms with Crippen LogP contribution in [-0.2, 0) is 14.3 Å². The normalized spacial score (nSPS) is 21.4. The van der Waals surface area contributed by atoms with Crippen molar-refractivity contribution >= 4 is 11.9 Å². The van der Waals surface area contributed by atoms with Gasteiger partial charge < -0.3 is 9.84 Å². The predicted molar refractivity (Wildman–Crippen MR) is 123 cm³/mol. The molecule has 0 heterocycles. The molecule has 0 aromatic carbocycles. The average molecular weight is 425 g/mol. The highest BCUT2D eigenvalue weighted by molar-refractivity contribution is 5.75. The van der Waals surface area contributed by atoms with Crippen LogP contribution < -0.4 is 0 Å². The number of carbonyl (C=O) groups excluding carboxylic acids is 1. The zero-order chi connectivity index (χ0) is 22.4. The molecule has 0 aromatic rings. The fraction of sp³-hybridized carbons (Fsp3) is 0.923. The zero-order valence-corrected chi connectivity index (χ0v) is 20.2. The number of unbranched alkanes of at least 4 members (excludes halogenated alkanes) is 5. The van der Waals surface area contributed by atoms with Crippen LogP contribution in [0.3, 0.4) is 0 Å². The Balaban J connectivity index is 2.55. The fourth-order valence-electron chi connectivity index (χ4n) is 4.81. The largest absolute Gasteiger partial charge is 0.481 e. The van der Waals surface area contributed by atoms with Gasteiger partial charge in [0.25, 0.3) is 0 Å². The topological polar surface area (TPSA) is 63.6 Å². The summed E-state index contributed by atoms with van der Waals surface area (Å²) < 4.78 is 6.10. The van der Waals surface area contributed by atoms with E-state index in [1.165, 1.54) is 38.5 Å². The first kappa shape index (κ1) is 27.0. The zero-order valence-electron chi connectivity index (χ0n) is 20.2. The lowest BCUT2D eigenvalue weighted by atomic mass is 9.81. The number of carboxylic acid groups (broad SMARTS) is 1. The van der Waals surface area contributed by atoms with E-state index in [4.69, 9.17) is 4.74 Å². The third-order valence-corrected chi connectivity index (χ3v) is 6.87. The summed E-state index contributed by atoms with van der Waals surface area (Å²) in [5.41, 5.74) is 0. The minimum Gasteiger partial charge on any atom is -0.481 e. The van der Waals surface area contributed by atoms with Crippen molar-refractivity contribution in [2.75, 3.05) is 0 Å². The molecule has 1 rings (SSSR count). The first-order valence-electron chi connectivity index (χ1n) is 12.8. The maximum absolute atomic E-state index is 12.9. The van der Waals surface area contributed by atoms with E-state index in [0.29, 0.717) is 18.8 Å². The number of rotatable bonds is 16. The molecule has 176 valence electrons. The van der Waals surface area contributed by atoms with Gasteiger partial charge in [-0.05, 0) is 56.8 Å². The molecule has 4 heteroatoms. The van der Waals surface area contributed by atoms with Crippen LogP contribution >= 0.6 is 0 Å². The Morgan fingerprint density at radius 1 is 0.900 bits per heavy atom. The van der Waals surface area contributed by atoms with Crippen molar-refractivity contribution in [2.45, 2.75) is 130 Å². The molecule has 0 amide bonds. The Kier molecular flexibility index (Phi) is 14.1. The molecular weight excluding hydrogens is 376 g/mol. The van der Waals surface area contributed by atoms with Crippen molar-refractivity contribution in [1.82, 2.24) is 0 Å². The highest BCUT2D eigenvalue weighted by Gasteiger charge is 2.34. The van der Waals surface area contributed by atoms with Gasteiger partial charge in [-0.15, -0.1) is 0 Å². The summed E-state index contributed by atoms with van der Waals surface area (Å²) in [5, 5.41) is 9.33. The summed E-state index contributed by atoms with van der Waals surface area (Å²) in [6, 6.07) is 0. The quantitative estimate of drug-likeness (QED) is 0.207. The highest BCUT2D eigenvalue weighted by atomic mass is 16.5. The summed E-state index contributed by atoms with van der Waals surface area (Å²) in [6.45, 7) is 8.98. The van der Waals surface area contributed by atoms with Crippen LogP contribution in [0.1, 0.15) is 124 Å². The molecule has 0 radical (unpaired) electrons. The van der Waals surface area contributed by atoms with Gasteiger partial charge in [0.15, 0.2) is 0 Å². The van der Waals surface area contributed by atoms with E-state index >= 15 is 0 Å². The number of hydrogen-bond acceptors (Lipinski definition) is 3. The molecule has 1 N–H and O–H groups in total. The summed E-state index contributed by atoms with van der Waals surface area (Å²) in [6.07, 6.45) is 15.7. The van der Waals surface area contributed by atoms with Gasteiger partial charge in [0.2, 0.25) is 0 Å². The van der Waals surface area contributed by atoms with E-state index < -0.39 is 5.97 Å². The average Bonchev–Trinajstić information content (AvgIpc) is 2.72. The van der Waals surface area contributed by atoms with Gasteiger partial charge in [-0.2, -0.15) is 0 Å². The molecule has 0 bridgehead atoms. The predicted octanol–water partition coefficient (Wildman–Crippen LogP) is 7.39. The van der Waals surface area contributed by atoms with E-state index in [-0.39, 0.29) is 23.9 Å². The molecule has 1 saturated carbocycles. The molecule has 4 unspecified atom stereocenters. The lowest BCUT2D eigenvalue weighted by Gasteiger charge is -2.30. The molecule has 1 fully saturated rings. The molecule has 1 aliphatic carbocycles. The molecular formula is C26H48O4. The minimum atomic E-state index is -0.768. The molecule has 0 aliphatic heterocycles. The van der Waals surface area contributed by atoms with Crippen LogP contribution in [0.2, 0.25) is 0 Å². The van der Waals surface area contributed by atoms with Crippen LogP contribution in [0.4, 0.5) is 0 Å². The van der Waals surface area contributed by atoms with Gasteiger partial charge >= 0.3 is 11.9 Å². The first-order valence-corrected chi connectivity index (χ1v) is 12.8. The molecule has 30 heavy (non-hydrogen) atoms. The smallest absolute Gasteiger partial charge is 0.309 e. The second-order valence-electron chi connectivity index (χ2n) is 9.92. The van der Waals surface area contributed by atoms with E-state index in [1.807, 2.05) is 0 Å². The molecule has 4 atom stereocenters. The van der Waals surface area contributed by atoms with E-state index in [9.17, 15) is 14.7 Å². The van der Waals surface area contributed by atoms with Crippen LogP contribution in [0.25, 0.3) is 0 Å². The Labute approximate surface area is 185 Å². The van der Waals surface area contributed by atoms with Crippen LogP contribution in [-0.4, -0.2) is 23.1 Å². The third kappa shape index (κ3) is 10.8. The van der Waals surface area contributed by atoms with Crippen molar-refractivity contribution in [3.05, 3.63) is 0 Å². The van der Waals surface area contributed by atoms with Gasteiger partial charge in [-0.3, -0.25) is 9.59 Å². The molecule has 1 aliphatic rings. The summed E-state index contributed by atoms with van der Waals surface area (Å²) in [7, 11) is 0. The molecule has 0 spiro atoms. The summed E-state index contributed by atoms with van der Waals surface area (Å²) in [4.78, 5) is 24.2. The van der Waals surface area contributed by atoms with Crippen molar-refractivity contribution < 1.29 is 19.4 Å². The lowest BCUT2D eigenvalue weighted by Crippen LogP contribution is -2.33. The number of carboxylic acids is 1. The fourth-order valence-corrected chi connectivity index (χ4v) is 4.81. The maximum atomic E-state index is 12.9. The number of carbonyl (C=O) groups is 2. The van der Waals surface area contributed by atoms with Crippen molar-refractivity contribution in [1.29, 1.82) is 0 Å². The lowest BCUT2D eigenvalue weighted by molar-refractivity contribution is -0.160.